The molecule has 0 aliphatic rings. The molecular formula is C17H20Br2N2. The Labute approximate surface area is 143 Å². The summed E-state index contributed by atoms with van der Waals surface area (Å²) in [7, 11) is 0. The SMILES string of the molecule is CCCNC(Cc1cncc(Br)c1)c1ccc(Br)cc1C. The van der Waals surface area contributed by atoms with E-state index in [1.165, 1.54) is 16.7 Å². The van der Waals surface area contributed by atoms with E-state index in [1.807, 2.05) is 12.4 Å². The van der Waals surface area contributed by atoms with Crippen LogP contribution in [0.15, 0.2) is 45.6 Å². The van der Waals surface area contributed by atoms with Crippen molar-refractivity contribution in [3.05, 3.63) is 62.3 Å². The molecule has 2 nitrogen and oxygen atoms in total. The molecule has 0 saturated heterocycles. The van der Waals surface area contributed by atoms with Crippen LogP contribution >= 0.6 is 31.9 Å². The molecule has 1 N–H and O–H groups in total. The molecule has 0 bridgehead atoms. The lowest BCUT2D eigenvalue weighted by Crippen LogP contribution is -2.24. The van der Waals surface area contributed by atoms with Crippen LogP contribution in [0.4, 0.5) is 0 Å². The molecule has 2 aromatic rings. The summed E-state index contributed by atoms with van der Waals surface area (Å²) in [6, 6.07) is 8.95. The number of hydrogen-bond acceptors (Lipinski definition) is 2. The van der Waals surface area contributed by atoms with Gasteiger partial charge in [0.1, 0.15) is 0 Å². The van der Waals surface area contributed by atoms with Crippen LogP contribution in [0.25, 0.3) is 0 Å². The Balaban J connectivity index is 2.25. The number of nitrogens with zero attached hydrogens (tertiary/aromatic N) is 1. The topological polar surface area (TPSA) is 24.9 Å². The Morgan fingerprint density at radius 1 is 1.14 bits per heavy atom. The molecular weight excluding hydrogens is 392 g/mol. The number of pyridine rings is 1. The van der Waals surface area contributed by atoms with E-state index in [4.69, 9.17) is 0 Å². The summed E-state index contributed by atoms with van der Waals surface area (Å²) in [5.74, 6) is 0. The van der Waals surface area contributed by atoms with Crippen LogP contribution in [-0.2, 0) is 6.42 Å². The minimum atomic E-state index is 0.314. The molecule has 1 heterocycles. The van der Waals surface area contributed by atoms with E-state index in [9.17, 15) is 0 Å². The fraction of sp³-hybridized carbons (Fsp3) is 0.353. The highest BCUT2D eigenvalue weighted by Crippen LogP contribution is 2.25. The third-order valence-electron chi connectivity index (χ3n) is 3.45. The molecule has 0 amide bonds. The van der Waals surface area contributed by atoms with Gasteiger partial charge >= 0.3 is 0 Å². The highest BCUT2D eigenvalue weighted by atomic mass is 79.9. The predicted molar refractivity (Wildman–Crippen MR) is 95.6 cm³/mol. The van der Waals surface area contributed by atoms with E-state index in [0.29, 0.717) is 6.04 Å². The van der Waals surface area contributed by atoms with Gasteiger partial charge in [-0.25, -0.2) is 0 Å². The average molecular weight is 412 g/mol. The molecule has 0 aliphatic heterocycles. The zero-order valence-electron chi connectivity index (χ0n) is 12.4. The minimum Gasteiger partial charge on any atom is -0.310 e. The first kappa shape index (κ1) is 16.7. The van der Waals surface area contributed by atoms with Gasteiger partial charge in [0.05, 0.1) is 0 Å². The molecule has 2 rings (SSSR count). The van der Waals surface area contributed by atoms with Gasteiger partial charge in [0.25, 0.3) is 0 Å². The molecule has 0 aliphatic carbocycles. The minimum absolute atomic E-state index is 0.314. The van der Waals surface area contributed by atoms with Crippen molar-refractivity contribution in [3.8, 4) is 0 Å². The Morgan fingerprint density at radius 2 is 1.95 bits per heavy atom. The summed E-state index contributed by atoms with van der Waals surface area (Å²) in [4.78, 5) is 4.27. The van der Waals surface area contributed by atoms with Gasteiger partial charge in [0, 0.05) is 27.4 Å². The van der Waals surface area contributed by atoms with E-state index in [0.717, 1.165) is 28.3 Å². The fourth-order valence-electron chi connectivity index (χ4n) is 2.44. The standard InChI is InChI=1S/C17H20Br2N2/c1-3-6-21-17(9-13-8-15(19)11-20-10-13)16-5-4-14(18)7-12(16)2/h4-5,7-8,10-11,17,21H,3,6,9H2,1-2H3. The van der Waals surface area contributed by atoms with Crippen LogP contribution in [0, 0.1) is 6.92 Å². The summed E-state index contributed by atoms with van der Waals surface area (Å²) in [5, 5.41) is 3.66. The van der Waals surface area contributed by atoms with Crippen LogP contribution in [0.5, 0.6) is 0 Å². The third-order valence-corrected chi connectivity index (χ3v) is 4.38. The highest BCUT2D eigenvalue weighted by molar-refractivity contribution is 9.10. The molecule has 0 radical (unpaired) electrons. The lowest BCUT2D eigenvalue weighted by Gasteiger charge is -2.21. The number of hydrogen-bond donors (Lipinski definition) is 1. The highest BCUT2D eigenvalue weighted by Gasteiger charge is 2.14. The van der Waals surface area contributed by atoms with Crippen LogP contribution < -0.4 is 5.32 Å². The van der Waals surface area contributed by atoms with Crippen LogP contribution in [0.2, 0.25) is 0 Å². The quantitative estimate of drug-likeness (QED) is 0.706. The monoisotopic (exact) mass is 410 g/mol. The maximum Gasteiger partial charge on any atom is 0.0410 e. The second-order valence-corrected chi connectivity index (χ2v) is 7.05. The maximum atomic E-state index is 4.27. The molecule has 0 spiro atoms. The van der Waals surface area contributed by atoms with Crippen molar-refractivity contribution in [2.75, 3.05) is 6.54 Å². The number of benzene rings is 1. The van der Waals surface area contributed by atoms with Crippen LogP contribution in [0.1, 0.15) is 36.1 Å². The van der Waals surface area contributed by atoms with Crippen molar-refractivity contribution < 1.29 is 0 Å². The Morgan fingerprint density at radius 3 is 2.62 bits per heavy atom. The van der Waals surface area contributed by atoms with Crippen molar-refractivity contribution in [2.45, 2.75) is 32.7 Å². The van der Waals surface area contributed by atoms with Crippen molar-refractivity contribution in [3.63, 3.8) is 0 Å². The van der Waals surface area contributed by atoms with Gasteiger partial charge in [-0.15, -0.1) is 0 Å². The summed E-state index contributed by atoms with van der Waals surface area (Å²) >= 11 is 7.03. The van der Waals surface area contributed by atoms with Gasteiger partial charge in [0.2, 0.25) is 0 Å². The van der Waals surface area contributed by atoms with Crippen molar-refractivity contribution in [1.82, 2.24) is 10.3 Å². The molecule has 1 unspecified atom stereocenters. The van der Waals surface area contributed by atoms with E-state index in [-0.39, 0.29) is 0 Å². The molecule has 1 atom stereocenters. The van der Waals surface area contributed by atoms with Crippen molar-refractivity contribution in [2.24, 2.45) is 0 Å². The summed E-state index contributed by atoms with van der Waals surface area (Å²) in [6.45, 7) is 5.38. The molecule has 0 fully saturated rings. The van der Waals surface area contributed by atoms with Gasteiger partial charge in [-0.05, 0) is 77.1 Å². The summed E-state index contributed by atoms with van der Waals surface area (Å²) in [5.41, 5.74) is 3.90. The zero-order valence-corrected chi connectivity index (χ0v) is 15.5. The van der Waals surface area contributed by atoms with Crippen molar-refractivity contribution >= 4 is 31.9 Å². The molecule has 21 heavy (non-hydrogen) atoms. The van der Waals surface area contributed by atoms with Gasteiger partial charge in [-0.2, -0.15) is 0 Å². The van der Waals surface area contributed by atoms with E-state index >= 15 is 0 Å². The van der Waals surface area contributed by atoms with E-state index in [2.05, 4.69) is 80.3 Å². The second kappa shape index (κ2) is 8.06. The number of aryl methyl sites for hydroxylation is 1. The fourth-order valence-corrected chi connectivity index (χ4v) is 3.33. The predicted octanol–water partition coefficient (Wildman–Crippen LogP) is 5.20. The summed E-state index contributed by atoms with van der Waals surface area (Å²) in [6.07, 6.45) is 5.83. The van der Waals surface area contributed by atoms with Crippen LogP contribution in [0.3, 0.4) is 0 Å². The lowest BCUT2D eigenvalue weighted by atomic mass is 9.96. The molecule has 1 aromatic heterocycles. The molecule has 4 heteroatoms. The van der Waals surface area contributed by atoms with E-state index in [1.54, 1.807) is 0 Å². The Hall–Kier alpha value is -0.710. The van der Waals surface area contributed by atoms with Crippen molar-refractivity contribution in [1.29, 1.82) is 0 Å². The third kappa shape index (κ3) is 4.90. The maximum absolute atomic E-state index is 4.27. The Kier molecular flexibility index (Phi) is 6.40. The van der Waals surface area contributed by atoms with Crippen LogP contribution in [-0.4, -0.2) is 11.5 Å². The summed E-state index contributed by atoms with van der Waals surface area (Å²) < 4.78 is 2.16. The molecule has 0 saturated carbocycles. The molecule has 1 aromatic carbocycles. The lowest BCUT2D eigenvalue weighted by molar-refractivity contribution is 0.526. The number of aromatic nitrogens is 1. The first-order chi connectivity index (χ1) is 10.1. The molecule has 112 valence electrons. The van der Waals surface area contributed by atoms with Gasteiger partial charge in [-0.3, -0.25) is 4.98 Å². The van der Waals surface area contributed by atoms with Gasteiger partial charge in [-0.1, -0.05) is 28.9 Å². The normalized spacial score (nSPS) is 12.4. The first-order valence-electron chi connectivity index (χ1n) is 7.19. The number of rotatable bonds is 6. The largest absolute Gasteiger partial charge is 0.310 e. The zero-order chi connectivity index (χ0) is 15.2. The average Bonchev–Trinajstić information content (AvgIpc) is 2.44. The Bertz CT molecular complexity index is 599. The second-order valence-electron chi connectivity index (χ2n) is 5.22. The van der Waals surface area contributed by atoms with E-state index < -0.39 is 0 Å². The first-order valence-corrected chi connectivity index (χ1v) is 8.77. The smallest absolute Gasteiger partial charge is 0.0410 e. The number of halogens is 2. The van der Waals surface area contributed by atoms with Gasteiger partial charge < -0.3 is 5.32 Å². The van der Waals surface area contributed by atoms with Gasteiger partial charge in [0.15, 0.2) is 0 Å². The number of nitrogens with one attached hydrogen (secondary N) is 1.